The van der Waals surface area contributed by atoms with Gasteiger partial charge in [-0.25, -0.2) is 0 Å². The van der Waals surface area contributed by atoms with E-state index in [1.807, 2.05) is 30.3 Å². The molecule has 0 saturated heterocycles. The van der Waals surface area contributed by atoms with Gasteiger partial charge in [0.25, 0.3) is 5.91 Å². The third-order valence-electron chi connectivity index (χ3n) is 4.45. The highest BCUT2D eigenvalue weighted by Crippen LogP contribution is 2.36. The monoisotopic (exact) mass is 354 g/mol. The Balaban J connectivity index is 1.33. The maximum Gasteiger partial charge on any atom is 0.273 e. The maximum atomic E-state index is 12.3. The van der Waals surface area contributed by atoms with Crippen LogP contribution < -0.4 is 5.32 Å². The molecule has 0 unspecified atom stereocenters. The highest BCUT2D eigenvalue weighted by molar-refractivity contribution is 5.93. The van der Waals surface area contributed by atoms with Crippen molar-refractivity contribution >= 4 is 5.91 Å². The molecule has 26 heavy (non-hydrogen) atoms. The van der Waals surface area contributed by atoms with E-state index in [4.69, 9.17) is 9.05 Å². The summed E-state index contributed by atoms with van der Waals surface area (Å²) in [6.07, 6.45) is 0.654. The van der Waals surface area contributed by atoms with Gasteiger partial charge in [0.05, 0.1) is 0 Å². The zero-order chi connectivity index (χ0) is 18.1. The Labute approximate surface area is 149 Å². The van der Waals surface area contributed by atoms with Gasteiger partial charge in [-0.05, 0) is 19.8 Å². The number of aromatic nitrogens is 3. The first-order valence-electron chi connectivity index (χ1n) is 8.44. The van der Waals surface area contributed by atoms with Crippen molar-refractivity contribution in [1.29, 1.82) is 0 Å². The van der Waals surface area contributed by atoms with Crippen molar-refractivity contribution in [2.75, 3.05) is 0 Å². The fourth-order valence-corrected chi connectivity index (χ4v) is 2.90. The Bertz CT molecular complexity index is 897. The van der Waals surface area contributed by atoms with E-state index >= 15 is 0 Å². The summed E-state index contributed by atoms with van der Waals surface area (Å²) in [6, 6.07) is 11.1. The van der Waals surface area contributed by atoms with E-state index in [1.165, 1.54) is 0 Å². The highest BCUT2D eigenvalue weighted by Gasteiger charge is 2.36. The second-order valence-corrected chi connectivity index (χ2v) is 6.45. The minimum Gasteiger partial charge on any atom is -0.385 e. The number of hydrogen-bond donors (Lipinski definition) is 2. The fraction of sp³-hybridized carbons (Fsp3) is 0.333. The van der Waals surface area contributed by atoms with Crippen molar-refractivity contribution in [2.45, 2.75) is 37.8 Å². The van der Waals surface area contributed by atoms with Crippen molar-refractivity contribution in [3.8, 4) is 11.3 Å². The van der Waals surface area contributed by atoms with Gasteiger partial charge >= 0.3 is 0 Å². The fourth-order valence-electron chi connectivity index (χ4n) is 2.90. The summed E-state index contributed by atoms with van der Waals surface area (Å²) in [5.74, 6) is 1.16. The summed E-state index contributed by atoms with van der Waals surface area (Å²) in [4.78, 5) is 16.5. The molecule has 1 aliphatic rings. The molecule has 2 N–H and O–H groups in total. The topological polar surface area (TPSA) is 114 Å². The van der Waals surface area contributed by atoms with Gasteiger partial charge in [-0.1, -0.05) is 40.6 Å². The molecule has 4 rings (SSSR count). The molecule has 1 aliphatic carbocycles. The van der Waals surface area contributed by atoms with Gasteiger partial charge in [-0.2, -0.15) is 4.98 Å². The molecule has 134 valence electrons. The summed E-state index contributed by atoms with van der Waals surface area (Å²) in [5, 5.41) is 19.9. The number of aliphatic hydroxyl groups is 1. The van der Waals surface area contributed by atoms with Crippen LogP contribution in [0.3, 0.4) is 0 Å². The number of hydrogen-bond acceptors (Lipinski definition) is 7. The van der Waals surface area contributed by atoms with Crippen LogP contribution in [0.5, 0.6) is 0 Å². The number of aliphatic hydroxyl groups excluding tert-OH is 1. The third-order valence-corrected chi connectivity index (χ3v) is 4.45. The first kappa shape index (κ1) is 16.5. The molecule has 1 fully saturated rings. The first-order chi connectivity index (χ1) is 12.6. The smallest absolute Gasteiger partial charge is 0.273 e. The van der Waals surface area contributed by atoms with E-state index in [1.54, 1.807) is 13.0 Å². The predicted molar refractivity (Wildman–Crippen MR) is 90.1 cm³/mol. The second kappa shape index (κ2) is 6.72. The molecule has 1 amide bonds. The van der Waals surface area contributed by atoms with Gasteiger partial charge in [0.2, 0.25) is 5.89 Å². The molecular formula is C18H18N4O4. The van der Waals surface area contributed by atoms with Gasteiger partial charge in [-0.3, -0.25) is 4.79 Å². The first-order valence-corrected chi connectivity index (χ1v) is 8.44. The SMILES string of the molecule is C[C@@H](O)c1noc(C2CC(NC(=O)c3cc(-c4ccccc4)on3)C2)n1. The zero-order valence-electron chi connectivity index (χ0n) is 14.1. The number of carbonyl (C=O) groups is 1. The zero-order valence-corrected chi connectivity index (χ0v) is 14.1. The van der Waals surface area contributed by atoms with E-state index in [9.17, 15) is 9.90 Å². The van der Waals surface area contributed by atoms with E-state index in [0.29, 0.717) is 24.5 Å². The van der Waals surface area contributed by atoms with E-state index in [2.05, 4.69) is 20.6 Å². The Morgan fingerprint density at radius 3 is 2.69 bits per heavy atom. The molecule has 1 aromatic carbocycles. The Morgan fingerprint density at radius 2 is 2.00 bits per heavy atom. The van der Waals surface area contributed by atoms with Gasteiger partial charge in [-0.15, -0.1) is 0 Å². The van der Waals surface area contributed by atoms with E-state index in [-0.39, 0.29) is 29.4 Å². The van der Waals surface area contributed by atoms with Crippen molar-refractivity contribution in [1.82, 2.24) is 20.6 Å². The highest BCUT2D eigenvalue weighted by atomic mass is 16.5. The normalized spacial score (nSPS) is 20.4. The standard InChI is InChI=1S/C18H18N4O4/c1-10(23)16-20-18(26-22-16)12-7-13(8-12)19-17(24)14-9-15(25-21-14)11-5-3-2-4-6-11/h2-6,9-10,12-13,23H,7-8H2,1H3,(H,19,24)/t10-,12?,13?/m1/s1. The van der Waals surface area contributed by atoms with Crippen LogP contribution in [0.1, 0.15) is 54.0 Å². The Hall–Kier alpha value is -3.00. The summed E-state index contributed by atoms with van der Waals surface area (Å²) < 4.78 is 10.4. The molecule has 2 aromatic heterocycles. The van der Waals surface area contributed by atoms with E-state index in [0.717, 1.165) is 5.56 Å². The lowest BCUT2D eigenvalue weighted by molar-refractivity contribution is 0.0892. The molecule has 3 aromatic rings. The summed E-state index contributed by atoms with van der Waals surface area (Å²) in [7, 11) is 0. The number of rotatable bonds is 5. The van der Waals surface area contributed by atoms with Gasteiger partial charge in [0.15, 0.2) is 17.3 Å². The van der Waals surface area contributed by atoms with Crippen molar-refractivity contribution < 1.29 is 18.9 Å². The number of nitrogens with one attached hydrogen (secondary N) is 1. The second-order valence-electron chi connectivity index (χ2n) is 6.45. The molecular weight excluding hydrogens is 336 g/mol. The van der Waals surface area contributed by atoms with Crippen LogP contribution in [0.2, 0.25) is 0 Å². The van der Waals surface area contributed by atoms with Gasteiger partial charge in [0, 0.05) is 23.6 Å². The van der Waals surface area contributed by atoms with Gasteiger partial charge in [0.1, 0.15) is 6.10 Å². The van der Waals surface area contributed by atoms with E-state index < -0.39 is 6.10 Å². The molecule has 1 atom stereocenters. The van der Waals surface area contributed by atoms with Crippen LogP contribution in [0.15, 0.2) is 45.4 Å². The molecule has 8 nitrogen and oxygen atoms in total. The number of nitrogens with zero attached hydrogens (tertiary/aromatic N) is 3. The molecule has 2 heterocycles. The minimum atomic E-state index is -0.756. The van der Waals surface area contributed by atoms with Crippen LogP contribution in [0, 0.1) is 0 Å². The van der Waals surface area contributed by atoms with Crippen molar-refractivity contribution in [2.24, 2.45) is 0 Å². The van der Waals surface area contributed by atoms with Crippen LogP contribution >= 0.6 is 0 Å². The summed E-state index contributed by atoms with van der Waals surface area (Å²) in [5.41, 5.74) is 1.12. The summed E-state index contributed by atoms with van der Waals surface area (Å²) >= 11 is 0. The average molecular weight is 354 g/mol. The largest absolute Gasteiger partial charge is 0.385 e. The quantitative estimate of drug-likeness (QED) is 0.723. The van der Waals surface area contributed by atoms with Crippen LogP contribution in [-0.2, 0) is 0 Å². The lowest BCUT2D eigenvalue weighted by atomic mass is 9.80. The number of carbonyl (C=O) groups excluding carboxylic acids is 1. The average Bonchev–Trinajstić information content (AvgIpc) is 3.28. The van der Waals surface area contributed by atoms with Crippen molar-refractivity contribution in [3.63, 3.8) is 0 Å². The lowest BCUT2D eigenvalue weighted by Crippen LogP contribution is -2.43. The van der Waals surface area contributed by atoms with Crippen molar-refractivity contribution in [3.05, 3.63) is 53.8 Å². The minimum absolute atomic E-state index is 0.0197. The summed E-state index contributed by atoms with van der Waals surface area (Å²) in [6.45, 7) is 1.58. The predicted octanol–water partition coefficient (Wildman–Crippen LogP) is 2.45. The maximum absolute atomic E-state index is 12.3. The molecule has 0 aliphatic heterocycles. The van der Waals surface area contributed by atoms with Crippen LogP contribution in [0.4, 0.5) is 0 Å². The van der Waals surface area contributed by atoms with Gasteiger partial charge < -0.3 is 19.5 Å². The Morgan fingerprint density at radius 1 is 1.23 bits per heavy atom. The molecule has 0 radical (unpaired) electrons. The molecule has 1 saturated carbocycles. The third kappa shape index (κ3) is 3.23. The number of benzene rings is 1. The Kier molecular flexibility index (Phi) is 4.26. The molecule has 0 spiro atoms. The molecule has 8 heteroatoms. The molecule has 0 bridgehead atoms. The lowest BCUT2D eigenvalue weighted by Gasteiger charge is -2.33. The van der Waals surface area contributed by atoms with Crippen LogP contribution in [0.25, 0.3) is 11.3 Å². The van der Waals surface area contributed by atoms with Crippen LogP contribution in [-0.4, -0.2) is 32.4 Å². The number of amides is 1.